The zero-order chi connectivity index (χ0) is 10.4. The molecule has 14 heavy (non-hydrogen) atoms. The highest BCUT2D eigenvalue weighted by molar-refractivity contribution is 5.17. The fourth-order valence-corrected chi connectivity index (χ4v) is 1.06. The Kier molecular flexibility index (Phi) is 4.13. The number of nitrogens with one attached hydrogen (secondary N) is 1. The Labute approximate surface area is 85.1 Å². The van der Waals surface area contributed by atoms with E-state index in [1.54, 1.807) is 10.9 Å². The van der Waals surface area contributed by atoms with Crippen molar-refractivity contribution in [1.29, 1.82) is 0 Å². The van der Waals surface area contributed by atoms with Gasteiger partial charge in [-0.3, -0.25) is 0 Å². The number of hydrogen-bond donors (Lipinski definition) is 1. The number of aromatic nitrogens is 2. The molecule has 0 aliphatic carbocycles. The fourth-order valence-electron chi connectivity index (χ4n) is 1.06. The Morgan fingerprint density at radius 1 is 1.64 bits per heavy atom. The third-order valence-corrected chi connectivity index (χ3v) is 1.83. The smallest absolute Gasteiger partial charge is 0.0538 e. The van der Waals surface area contributed by atoms with Crippen molar-refractivity contribution in [3.8, 4) is 0 Å². The average Bonchev–Trinajstić information content (AvgIpc) is 2.60. The van der Waals surface area contributed by atoms with Gasteiger partial charge in [-0.25, -0.2) is 4.68 Å². The van der Waals surface area contributed by atoms with Crippen LogP contribution in [-0.2, 0) is 6.54 Å². The summed E-state index contributed by atoms with van der Waals surface area (Å²) in [5.74, 6) is 0. The normalized spacial score (nSPS) is 9.86. The van der Waals surface area contributed by atoms with Gasteiger partial charge in [-0.05, 0) is 13.8 Å². The van der Waals surface area contributed by atoms with E-state index in [2.05, 4.69) is 36.9 Å². The van der Waals surface area contributed by atoms with Gasteiger partial charge in [0.1, 0.15) is 0 Å². The van der Waals surface area contributed by atoms with E-state index in [0.29, 0.717) is 0 Å². The number of rotatable bonds is 5. The third-order valence-electron chi connectivity index (χ3n) is 1.83. The predicted molar refractivity (Wildman–Crippen MR) is 59.8 cm³/mol. The summed E-state index contributed by atoms with van der Waals surface area (Å²) >= 11 is 0. The Hall–Kier alpha value is -1.35. The van der Waals surface area contributed by atoms with Gasteiger partial charge in [0.05, 0.1) is 6.20 Å². The van der Waals surface area contributed by atoms with Crippen LogP contribution in [0.25, 0.3) is 6.20 Å². The molecule has 0 amide bonds. The second-order valence-corrected chi connectivity index (χ2v) is 3.42. The molecule has 0 aromatic carbocycles. The van der Waals surface area contributed by atoms with E-state index in [1.807, 2.05) is 12.4 Å². The lowest BCUT2D eigenvalue weighted by Gasteiger charge is -1.98. The van der Waals surface area contributed by atoms with Gasteiger partial charge in [0.2, 0.25) is 0 Å². The van der Waals surface area contributed by atoms with Crippen LogP contribution in [0.3, 0.4) is 0 Å². The summed E-state index contributed by atoms with van der Waals surface area (Å²) in [5.41, 5.74) is 2.51. The van der Waals surface area contributed by atoms with Crippen molar-refractivity contribution < 1.29 is 0 Å². The second kappa shape index (κ2) is 5.40. The summed E-state index contributed by atoms with van der Waals surface area (Å²) < 4.78 is 1.71. The molecule has 3 heteroatoms. The molecule has 1 heterocycles. The quantitative estimate of drug-likeness (QED) is 0.570. The monoisotopic (exact) mass is 191 g/mol. The Morgan fingerprint density at radius 3 is 3.00 bits per heavy atom. The van der Waals surface area contributed by atoms with Crippen molar-refractivity contribution >= 4 is 6.20 Å². The molecule has 0 radical (unpaired) electrons. The van der Waals surface area contributed by atoms with Gasteiger partial charge in [0.15, 0.2) is 0 Å². The standard InChI is InChI=1S/C11H17N3/c1-4-14-9-11(8-13-14)7-12-6-5-10(2)3/h4-5,8-9,12H,1,6-7H2,2-3H3. The molecule has 3 nitrogen and oxygen atoms in total. The first kappa shape index (κ1) is 10.7. The molecule has 1 N–H and O–H groups in total. The molecule has 0 aliphatic rings. The van der Waals surface area contributed by atoms with Gasteiger partial charge in [-0.15, -0.1) is 0 Å². The Morgan fingerprint density at radius 2 is 2.43 bits per heavy atom. The van der Waals surface area contributed by atoms with Crippen LogP contribution in [-0.4, -0.2) is 16.3 Å². The van der Waals surface area contributed by atoms with Crippen molar-refractivity contribution in [2.45, 2.75) is 20.4 Å². The van der Waals surface area contributed by atoms with Crippen molar-refractivity contribution in [3.05, 3.63) is 36.2 Å². The van der Waals surface area contributed by atoms with Gasteiger partial charge >= 0.3 is 0 Å². The molecular weight excluding hydrogens is 174 g/mol. The maximum absolute atomic E-state index is 4.09. The van der Waals surface area contributed by atoms with Crippen molar-refractivity contribution in [2.75, 3.05) is 6.54 Å². The minimum atomic E-state index is 0.845. The van der Waals surface area contributed by atoms with Crippen LogP contribution in [0.2, 0.25) is 0 Å². The molecule has 0 unspecified atom stereocenters. The number of allylic oxidation sites excluding steroid dienone is 1. The molecule has 0 bridgehead atoms. The van der Waals surface area contributed by atoms with E-state index in [4.69, 9.17) is 0 Å². The van der Waals surface area contributed by atoms with Crippen molar-refractivity contribution in [1.82, 2.24) is 15.1 Å². The SMILES string of the molecule is C=Cn1cc(CNCC=C(C)C)cn1. The van der Waals surface area contributed by atoms with E-state index >= 15 is 0 Å². The molecule has 1 aromatic heterocycles. The third kappa shape index (κ3) is 3.58. The molecule has 0 atom stereocenters. The lowest BCUT2D eigenvalue weighted by Crippen LogP contribution is -2.12. The first-order valence-corrected chi connectivity index (χ1v) is 4.72. The maximum Gasteiger partial charge on any atom is 0.0538 e. The van der Waals surface area contributed by atoms with E-state index < -0.39 is 0 Å². The zero-order valence-corrected chi connectivity index (χ0v) is 8.83. The van der Waals surface area contributed by atoms with E-state index in [9.17, 15) is 0 Å². The van der Waals surface area contributed by atoms with Crippen LogP contribution in [0.1, 0.15) is 19.4 Å². The molecule has 1 aromatic rings. The van der Waals surface area contributed by atoms with E-state index in [1.165, 1.54) is 11.1 Å². The molecule has 0 spiro atoms. The van der Waals surface area contributed by atoms with E-state index in [0.717, 1.165) is 13.1 Å². The van der Waals surface area contributed by atoms with Gasteiger partial charge in [-0.1, -0.05) is 18.2 Å². The van der Waals surface area contributed by atoms with E-state index in [-0.39, 0.29) is 0 Å². The summed E-state index contributed by atoms with van der Waals surface area (Å²) in [6, 6.07) is 0. The summed E-state index contributed by atoms with van der Waals surface area (Å²) in [7, 11) is 0. The zero-order valence-electron chi connectivity index (χ0n) is 8.83. The highest BCUT2D eigenvalue weighted by Gasteiger charge is 1.94. The highest BCUT2D eigenvalue weighted by atomic mass is 15.2. The largest absolute Gasteiger partial charge is 0.309 e. The topological polar surface area (TPSA) is 29.9 Å². The summed E-state index contributed by atoms with van der Waals surface area (Å²) in [6.45, 7) is 9.57. The predicted octanol–water partition coefficient (Wildman–Crippen LogP) is 2.04. The minimum absolute atomic E-state index is 0.845. The van der Waals surface area contributed by atoms with Crippen LogP contribution in [0.4, 0.5) is 0 Å². The lowest BCUT2D eigenvalue weighted by molar-refractivity contribution is 0.757. The van der Waals surface area contributed by atoms with Crippen LogP contribution < -0.4 is 5.32 Å². The summed E-state index contributed by atoms with van der Waals surface area (Å²) in [4.78, 5) is 0. The number of hydrogen-bond acceptors (Lipinski definition) is 2. The van der Waals surface area contributed by atoms with Crippen molar-refractivity contribution in [3.63, 3.8) is 0 Å². The van der Waals surface area contributed by atoms with Gasteiger partial charge in [-0.2, -0.15) is 5.10 Å². The fraction of sp³-hybridized carbons (Fsp3) is 0.364. The molecule has 76 valence electrons. The molecule has 1 rings (SSSR count). The number of nitrogens with zero attached hydrogens (tertiary/aromatic N) is 2. The Balaban J connectivity index is 2.31. The second-order valence-electron chi connectivity index (χ2n) is 3.42. The summed E-state index contributed by atoms with van der Waals surface area (Å²) in [6.07, 6.45) is 7.65. The molecule has 0 aliphatic heterocycles. The van der Waals surface area contributed by atoms with Gasteiger partial charge in [0.25, 0.3) is 0 Å². The molecule has 0 saturated heterocycles. The van der Waals surface area contributed by atoms with Crippen molar-refractivity contribution in [2.24, 2.45) is 0 Å². The maximum atomic E-state index is 4.09. The lowest BCUT2D eigenvalue weighted by atomic mass is 10.3. The van der Waals surface area contributed by atoms with Crippen LogP contribution >= 0.6 is 0 Å². The van der Waals surface area contributed by atoms with Crippen LogP contribution in [0, 0.1) is 0 Å². The first-order valence-electron chi connectivity index (χ1n) is 4.72. The van der Waals surface area contributed by atoms with Gasteiger partial charge < -0.3 is 5.32 Å². The molecule has 0 fully saturated rings. The molecule has 0 saturated carbocycles. The van der Waals surface area contributed by atoms with Gasteiger partial charge in [0, 0.05) is 31.0 Å². The minimum Gasteiger partial charge on any atom is -0.309 e. The molecular formula is C11H17N3. The van der Waals surface area contributed by atoms with Crippen LogP contribution in [0.15, 0.2) is 30.6 Å². The van der Waals surface area contributed by atoms with Crippen LogP contribution in [0.5, 0.6) is 0 Å². The summed E-state index contributed by atoms with van der Waals surface area (Å²) in [5, 5.41) is 7.40. The average molecular weight is 191 g/mol. The highest BCUT2D eigenvalue weighted by Crippen LogP contribution is 1.96. The Bertz CT molecular complexity index is 319. The first-order chi connectivity index (χ1) is 6.72.